The summed E-state index contributed by atoms with van der Waals surface area (Å²) in [6, 6.07) is 7.90. The quantitative estimate of drug-likeness (QED) is 0.606. The molecule has 1 aromatic carbocycles. The molecule has 0 aliphatic rings. The normalized spacial score (nSPS) is 11.2. The molecule has 0 aliphatic heterocycles. The highest BCUT2D eigenvalue weighted by atomic mass is 35.5. The number of rotatable bonds is 3. The van der Waals surface area contributed by atoms with Gasteiger partial charge in [-0.25, -0.2) is 0 Å². The number of hydrogen-bond donors (Lipinski definition) is 1. The predicted octanol–water partition coefficient (Wildman–Crippen LogP) is 6.26. The summed E-state index contributed by atoms with van der Waals surface area (Å²) in [7, 11) is 0. The highest BCUT2D eigenvalue weighted by Crippen LogP contribution is 2.45. The molecule has 0 unspecified atom stereocenters. The van der Waals surface area contributed by atoms with Crippen LogP contribution in [0.3, 0.4) is 0 Å². The fourth-order valence-electron chi connectivity index (χ4n) is 1.81. The van der Waals surface area contributed by atoms with Crippen LogP contribution in [0.15, 0.2) is 45.2 Å². The zero-order chi connectivity index (χ0) is 17.2. The summed E-state index contributed by atoms with van der Waals surface area (Å²) in [4.78, 5) is 11.0. The minimum absolute atomic E-state index is 0.0220. The molecule has 2 nitrogen and oxygen atoms in total. The van der Waals surface area contributed by atoms with Gasteiger partial charge in [0.1, 0.15) is 14.4 Å². The minimum atomic E-state index is -4.55. The van der Waals surface area contributed by atoms with Crippen LogP contribution in [0.1, 0.15) is 4.88 Å². The van der Waals surface area contributed by atoms with Gasteiger partial charge < -0.3 is 5.32 Å². The lowest BCUT2D eigenvalue weighted by Gasteiger charge is -2.11. The van der Waals surface area contributed by atoms with Gasteiger partial charge in [-0.05, 0) is 5.56 Å². The lowest BCUT2D eigenvalue weighted by Crippen LogP contribution is -2.12. The summed E-state index contributed by atoms with van der Waals surface area (Å²) in [5, 5.41) is 2.98. The van der Waals surface area contributed by atoms with E-state index in [0.717, 1.165) is 0 Å². The topological polar surface area (TPSA) is 29.1 Å². The maximum Gasteiger partial charge on any atom is 0.426 e. The second-order valence-electron chi connectivity index (χ2n) is 4.25. The highest BCUT2D eigenvalue weighted by Gasteiger charge is 2.37. The van der Waals surface area contributed by atoms with Crippen LogP contribution in [0.4, 0.5) is 18.9 Å². The number of carbonyl (C=O) groups is 1. The van der Waals surface area contributed by atoms with Gasteiger partial charge >= 0.3 is 6.18 Å². The van der Waals surface area contributed by atoms with E-state index in [4.69, 9.17) is 34.8 Å². The van der Waals surface area contributed by atoms with Crippen LogP contribution in [-0.2, 0) is 11.0 Å². The number of hydrogen-bond acceptors (Lipinski definition) is 2. The third kappa shape index (κ3) is 4.20. The van der Waals surface area contributed by atoms with Crippen LogP contribution >= 0.6 is 46.1 Å². The Hall–Kier alpha value is -1.21. The Balaban J connectivity index is 2.52. The molecule has 2 aromatic rings. The number of nitrogens with one attached hydrogen (secondary N) is 1. The first-order valence-electron chi connectivity index (χ1n) is 5.98. The molecule has 0 radical (unpaired) electrons. The summed E-state index contributed by atoms with van der Waals surface area (Å²) < 4.78 is 39.1. The maximum absolute atomic E-state index is 13.2. The number of benzene rings is 1. The summed E-state index contributed by atoms with van der Waals surface area (Å²) >= 11 is 16.9. The number of halogens is 6. The Labute approximate surface area is 148 Å². The third-order valence-corrected chi connectivity index (χ3v) is 4.68. The Morgan fingerprint density at radius 3 is 2.22 bits per heavy atom. The van der Waals surface area contributed by atoms with Gasteiger partial charge in [-0.2, -0.15) is 13.2 Å². The van der Waals surface area contributed by atoms with E-state index in [1.807, 2.05) is 0 Å². The largest absolute Gasteiger partial charge is 0.426 e. The Morgan fingerprint density at radius 1 is 1.09 bits per heavy atom. The van der Waals surface area contributed by atoms with Gasteiger partial charge in [0.05, 0.1) is 5.69 Å². The first kappa shape index (κ1) is 18.1. The van der Waals surface area contributed by atoms with Crippen molar-refractivity contribution in [2.75, 3.05) is 5.32 Å². The van der Waals surface area contributed by atoms with Crippen molar-refractivity contribution < 1.29 is 18.0 Å². The second-order valence-corrected chi connectivity index (χ2v) is 6.45. The first-order valence-corrected chi connectivity index (χ1v) is 7.99. The van der Waals surface area contributed by atoms with Crippen molar-refractivity contribution in [1.29, 1.82) is 0 Å². The van der Waals surface area contributed by atoms with Gasteiger partial charge in [0, 0.05) is 10.9 Å². The number of alkyl halides is 3. The van der Waals surface area contributed by atoms with E-state index in [0.29, 0.717) is 16.9 Å². The Kier molecular flexibility index (Phi) is 5.62. The van der Waals surface area contributed by atoms with Crippen molar-refractivity contribution in [3.63, 3.8) is 0 Å². The molecule has 9 heteroatoms. The van der Waals surface area contributed by atoms with Crippen molar-refractivity contribution in [1.82, 2.24) is 0 Å². The number of amides is 1. The summed E-state index contributed by atoms with van der Waals surface area (Å²) in [6.07, 6.45) is -4.55. The highest BCUT2D eigenvalue weighted by molar-refractivity contribution is 7.11. The van der Waals surface area contributed by atoms with Crippen LogP contribution in [0, 0.1) is 0 Å². The molecular weight excluding hydrogens is 394 g/mol. The van der Waals surface area contributed by atoms with E-state index < -0.39 is 26.5 Å². The van der Waals surface area contributed by atoms with Crippen LogP contribution in [-0.4, -0.2) is 5.91 Å². The van der Waals surface area contributed by atoms with Crippen molar-refractivity contribution in [3.05, 3.63) is 50.1 Å². The Morgan fingerprint density at radius 2 is 1.70 bits per heavy atom. The van der Waals surface area contributed by atoms with Crippen molar-refractivity contribution in [2.45, 2.75) is 6.18 Å². The molecule has 0 saturated carbocycles. The van der Waals surface area contributed by atoms with E-state index in [1.165, 1.54) is 17.5 Å². The number of anilines is 1. The first-order chi connectivity index (χ1) is 10.7. The van der Waals surface area contributed by atoms with E-state index in [-0.39, 0.29) is 11.3 Å². The van der Waals surface area contributed by atoms with Gasteiger partial charge in [0.2, 0.25) is 0 Å². The average Bonchev–Trinajstić information content (AvgIpc) is 2.90. The molecule has 0 aliphatic carbocycles. The van der Waals surface area contributed by atoms with E-state index in [2.05, 4.69) is 5.32 Å². The lowest BCUT2D eigenvalue weighted by atomic mass is 10.0. The molecule has 122 valence electrons. The molecule has 0 bridgehead atoms. The molecule has 1 aromatic heterocycles. The standard InChI is InChI=1S/C14H7Cl3F3NOS/c15-10(12(16)17)13(22)21-8-6-23-11(14(18,19)20)9(8)7-4-2-1-3-5-7/h1-6H,(H,21,22). The molecule has 0 fully saturated rings. The van der Waals surface area contributed by atoms with Crippen LogP contribution in [0.25, 0.3) is 11.1 Å². The van der Waals surface area contributed by atoms with Crippen molar-refractivity contribution >= 4 is 57.7 Å². The molecule has 1 heterocycles. The zero-order valence-electron chi connectivity index (χ0n) is 11.0. The SMILES string of the molecule is O=C(Nc1csc(C(F)(F)F)c1-c1ccccc1)C(Cl)=C(Cl)Cl. The smallest absolute Gasteiger partial charge is 0.320 e. The molecule has 1 amide bonds. The second kappa shape index (κ2) is 7.13. The fourth-order valence-corrected chi connectivity index (χ4v) is 2.92. The van der Waals surface area contributed by atoms with Crippen LogP contribution in [0.2, 0.25) is 0 Å². The van der Waals surface area contributed by atoms with Crippen LogP contribution < -0.4 is 5.32 Å². The summed E-state index contributed by atoms with van der Waals surface area (Å²) in [5.41, 5.74) is 0.159. The van der Waals surface area contributed by atoms with Crippen molar-refractivity contribution in [2.24, 2.45) is 0 Å². The molecule has 0 saturated heterocycles. The van der Waals surface area contributed by atoms with Gasteiger partial charge in [-0.3, -0.25) is 4.79 Å². The van der Waals surface area contributed by atoms with E-state index in [1.54, 1.807) is 18.2 Å². The minimum Gasteiger partial charge on any atom is -0.320 e. The van der Waals surface area contributed by atoms with Crippen LogP contribution in [0.5, 0.6) is 0 Å². The third-order valence-electron chi connectivity index (χ3n) is 2.72. The van der Waals surface area contributed by atoms with Gasteiger partial charge in [0.25, 0.3) is 5.91 Å². The monoisotopic (exact) mass is 399 g/mol. The van der Waals surface area contributed by atoms with Gasteiger partial charge in [-0.15, -0.1) is 11.3 Å². The Bertz CT molecular complexity index is 752. The molecule has 0 atom stereocenters. The van der Waals surface area contributed by atoms with Crippen molar-refractivity contribution in [3.8, 4) is 11.1 Å². The van der Waals surface area contributed by atoms with E-state index in [9.17, 15) is 18.0 Å². The summed E-state index contributed by atoms with van der Waals surface area (Å²) in [6.45, 7) is 0. The zero-order valence-corrected chi connectivity index (χ0v) is 14.1. The molecule has 0 spiro atoms. The summed E-state index contributed by atoms with van der Waals surface area (Å²) in [5.74, 6) is -0.893. The van der Waals surface area contributed by atoms with Gasteiger partial charge in [0.15, 0.2) is 0 Å². The molecule has 1 N–H and O–H groups in total. The number of carbonyl (C=O) groups excluding carboxylic acids is 1. The molecule has 2 rings (SSSR count). The average molecular weight is 401 g/mol. The molecule has 23 heavy (non-hydrogen) atoms. The lowest BCUT2D eigenvalue weighted by molar-refractivity contribution is -0.133. The maximum atomic E-state index is 13.2. The fraction of sp³-hybridized carbons (Fsp3) is 0.0714. The number of thiophene rings is 1. The van der Waals surface area contributed by atoms with Gasteiger partial charge in [-0.1, -0.05) is 65.1 Å². The van der Waals surface area contributed by atoms with E-state index >= 15 is 0 Å². The predicted molar refractivity (Wildman–Crippen MR) is 88.0 cm³/mol. The molecular formula is C14H7Cl3F3NOS.